The average molecular weight is 380 g/mol. The van der Waals surface area contributed by atoms with Crippen molar-refractivity contribution in [2.75, 3.05) is 24.9 Å². The largest absolute Gasteiger partial charge is 0.337 e. The number of rotatable bonds is 5. The van der Waals surface area contributed by atoms with E-state index in [1.54, 1.807) is 41.8 Å². The van der Waals surface area contributed by atoms with Crippen molar-refractivity contribution >= 4 is 33.0 Å². The van der Waals surface area contributed by atoms with Gasteiger partial charge in [-0.15, -0.1) is 11.3 Å². The molecule has 0 spiro atoms. The van der Waals surface area contributed by atoms with Gasteiger partial charge >= 0.3 is 0 Å². The van der Waals surface area contributed by atoms with Crippen molar-refractivity contribution < 1.29 is 13.2 Å². The fourth-order valence-electron chi connectivity index (χ4n) is 2.88. The number of amides is 1. The Bertz CT molecular complexity index is 817. The number of carbonyl (C=O) groups excluding carboxylic acids is 1. The normalized spacial score (nSPS) is 18.1. The van der Waals surface area contributed by atoms with Gasteiger partial charge in [-0.3, -0.25) is 9.52 Å². The van der Waals surface area contributed by atoms with Crippen LogP contribution in [-0.4, -0.2) is 45.4 Å². The summed E-state index contributed by atoms with van der Waals surface area (Å²) in [5.74, 6) is -0.0207. The van der Waals surface area contributed by atoms with Crippen LogP contribution in [0.15, 0.2) is 46.0 Å². The molecule has 1 saturated heterocycles. The number of piperidine rings is 1. The number of nitrogens with one attached hydrogen (secondary N) is 2. The van der Waals surface area contributed by atoms with Crippen LogP contribution in [0.2, 0.25) is 0 Å². The molecule has 3 rings (SSSR count). The SMILES string of the molecule is CNC1CCCN(C(=O)c2ccc(NS(=O)(=O)c3cccs3)cc2)C1. The molecule has 1 aromatic heterocycles. The Morgan fingerprint density at radius 1 is 1.24 bits per heavy atom. The number of carbonyl (C=O) groups is 1. The molecule has 0 saturated carbocycles. The van der Waals surface area contributed by atoms with Gasteiger partial charge in [-0.2, -0.15) is 0 Å². The molecule has 6 nitrogen and oxygen atoms in total. The number of likely N-dealkylation sites (N-methyl/N-ethyl adjacent to an activating group) is 1. The molecule has 1 unspecified atom stereocenters. The van der Waals surface area contributed by atoms with E-state index < -0.39 is 10.0 Å². The summed E-state index contributed by atoms with van der Waals surface area (Å²) in [6.07, 6.45) is 2.06. The van der Waals surface area contributed by atoms with Gasteiger partial charge in [0.1, 0.15) is 4.21 Å². The summed E-state index contributed by atoms with van der Waals surface area (Å²) in [4.78, 5) is 14.4. The van der Waals surface area contributed by atoms with E-state index in [9.17, 15) is 13.2 Å². The highest BCUT2D eigenvalue weighted by Crippen LogP contribution is 2.21. The summed E-state index contributed by atoms with van der Waals surface area (Å²) in [5, 5.41) is 4.93. The summed E-state index contributed by atoms with van der Waals surface area (Å²) in [7, 11) is -1.66. The zero-order valence-electron chi connectivity index (χ0n) is 13.9. The van der Waals surface area contributed by atoms with E-state index in [0.717, 1.165) is 30.7 Å². The lowest BCUT2D eigenvalue weighted by molar-refractivity contribution is 0.0698. The van der Waals surface area contributed by atoms with E-state index in [-0.39, 0.29) is 10.1 Å². The highest BCUT2D eigenvalue weighted by atomic mass is 32.2. The molecule has 134 valence electrons. The van der Waals surface area contributed by atoms with Gasteiger partial charge in [0.05, 0.1) is 0 Å². The first-order valence-electron chi connectivity index (χ1n) is 8.12. The topological polar surface area (TPSA) is 78.5 Å². The Morgan fingerprint density at radius 3 is 2.64 bits per heavy atom. The van der Waals surface area contributed by atoms with Gasteiger partial charge in [0.15, 0.2) is 0 Å². The van der Waals surface area contributed by atoms with Crippen LogP contribution in [0, 0.1) is 0 Å². The third-order valence-electron chi connectivity index (χ3n) is 4.26. The van der Waals surface area contributed by atoms with Crippen molar-refractivity contribution in [1.82, 2.24) is 10.2 Å². The number of hydrogen-bond donors (Lipinski definition) is 2. The highest BCUT2D eigenvalue weighted by Gasteiger charge is 2.23. The van der Waals surface area contributed by atoms with Crippen LogP contribution in [0.3, 0.4) is 0 Å². The number of nitrogens with zero attached hydrogens (tertiary/aromatic N) is 1. The van der Waals surface area contributed by atoms with Crippen LogP contribution < -0.4 is 10.0 Å². The summed E-state index contributed by atoms with van der Waals surface area (Å²) in [6.45, 7) is 1.45. The molecule has 0 bridgehead atoms. The molecule has 2 N–H and O–H groups in total. The Balaban J connectivity index is 1.69. The molecule has 2 aromatic rings. The second-order valence-electron chi connectivity index (χ2n) is 5.99. The molecule has 1 aliphatic rings. The molecule has 2 heterocycles. The molecule has 1 aliphatic heterocycles. The second kappa shape index (κ2) is 7.55. The summed E-state index contributed by atoms with van der Waals surface area (Å²) in [5.41, 5.74) is 1.01. The monoisotopic (exact) mass is 379 g/mol. The van der Waals surface area contributed by atoms with Crippen molar-refractivity contribution in [1.29, 1.82) is 0 Å². The average Bonchev–Trinajstić information content (AvgIpc) is 3.17. The third kappa shape index (κ3) is 4.20. The lowest BCUT2D eigenvalue weighted by Gasteiger charge is -2.32. The van der Waals surface area contributed by atoms with Gasteiger partial charge in [0.2, 0.25) is 0 Å². The maximum Gasteiger partial charge on any atom is 0.271 e. The number of thiophene rings is 1. The first-order valence-corrected chi connectivity index (χ1v) is 10.5. The second-order valence-corrected chi connectivity index (χ2v) is 8.85. The van der Waals surface area contributed by atoms with Crippen LogP contribution in [0.25, 0.3) is 0 Å². The maximum absolute atomic E-state index is 12.6. The van der Waals surface area contributed by atoms with Gasteiger partial charge in [0, 0.05) is 30.4 Å². The van der Waals surface area contributed by atoms with Crippen LogP contribution >= 0.6 is 11.3 Å². The molecular weight excluding hydrogens is 358 g/mol. The molecule has 0 radical (unpaired) electrons. The van der Waals surface area contributed by atoms with Crippen molar-refractivity contribution in [3.05, 3.63) is 47.3 Å². The molecule has 25 heavy (non-hydrogen) atoms. The molecule has 1 amide bonds. The predicted octanol–water partition coefficient (Wildman–Crippen LogP) is 2.37. The van der Waals surface area contributed by atoms with Gasteiger partial charge in [-0.1, -0.05) is 6.07 Å². The van der Waals surface area contributed by atoms with Gasteiger partial charge in [-0.05, 0) is 55.6 Å². The standard InChI is InChI=1S/C17H21N3O3S2/c1-18-15-4-2-10-20(12-15)17(21)13-6-8-14(9-7-13)19-25(22,23)16-5-3-11-24-16/h3,5-9,11,15,18-19H,2,4,10,12H2,1H3. The van der Waals surface area contributed by atoms with Crippen LogP contribution in [0.1, 0.15) is 23.2 Å². The summed E-state index contributed by atoms with van der Waals surface area (Å²) < 4.78 is 27.2. The summed E-state index contributed by atoms with van der Waals surface area (Å²) in [6, 6.07) is 10.2. The number of likely N-dealkylation sites (tertiary alicyclic amines) is 1. The molecular formula is C17H21N3O3S2. The number of anilines is 1. The molecule has 1 aromatic carbocycles. The molecule has 1 fully saturated rings. The van der Waals surface area contributed by atoms with E-state index in [0.29, 0.717) is 23.8 Å². The van der Waals surface area contributed by atoms with Crippen LogP contribution in [0.4, 0.5) is 5.69 Å². The Morgan fingerprint density at radius 2 is 2.00 bits per heavy atom. The predicted molar refractivity (Wildman–Crippen MR) is 99.6 cm³/mol. The van der Waals surface area contributed by atoms with Crippen molar-refractivity contribution in [3.63, 3.8) is 0 Å². The number of sulfonamides is 1. The van der Waals surface area contributed by atoms with E-state index in [4.69, 9.17) is 0 Å². The van der Waals surface area contributed by atoms with Gasteiger partial charge in [-0.25, -0.2) is 8.42 Å². The number of benzene rings is 1. The van der Waals surface area contributed by atoms with Crippen molar-refractivity contribution in [2.45, 2.75) is 23.1 Å². The molecule has 0 aliphatic carbocycles. The van der Waals surface area contributed by atoms with Crippen LogP contribution in [-0.2, 0) is 10.0 Å². The zero-order chi connectivity index (χ0) is 17.9. The first kappa shape index (κ1) is 17.9. The number of hydrogen-bond acceptors (Lipinski definition) is 5. The lowest BCUT2D eigenvalue weighted by atomic mass is 10.0. The fraction of sp³-hybridized carbons (Fsp3) is 0.353. The lowest BCUT2D eigenvalue weighted by Crippen LogP contribution is -2.46. The van der Waals surface area contributed by atoms with Crippen molar-refractivity contribution in [2.24, 2.45) is 0 Å². The smallest absolute Gasteiger partial charge is 0.271 e. The third-order valence-corrected chi connectivity index (χ3v) is 7.04. The van der Waals surface area contributed by atoms with Crippen LogP contribution in [0.5, 0.6) is 0 Å². The minimum atomic E-state index is -3.57. The maximum atomic E-state index is 12.6. The molecule has 1 atom stereocenters. The highest BCUT2D eigenvalue weighted by molar-refractivity contribution is 7.94. The summed E-state index contributed by atoms with van der Waals surface area (Å²) >= 11 is 1.16. The fourth-order valence-corrected chi connectivity index (χ4v) is 4.93. The molecule has 8 heteroatoms. The van der Waals surface area contributed by atoms with Gasteiger partial charge in [0.25, 0.3) is 15.9 Å². The Kier molecular flexibility index (Phi) is 5.41. The minimum absolute atomic E-state index is 0.0207. The minimum Gasteiger partial charge on any atom is -0.337 e. The van der Waals surface area contributed by atoms with Gasteiger partial charge < -0.3 is 10.2 Å². The van der Waals surface area contributed by atoms with Crippen molar-refractivity contribution in [3.8, 4) is 0 Å². The zero-order valence-corrected chi connectivity index (χ0v) is 15.6. The van der Waals surface area contributed by atoms with E-state index in [1.165, 1.54) is 0 Å². The van der Waals surface area contributed by atoms with E-state index in [2.05, 4.69) is 10.0 Å². The Labute approximate surface area is 151 Å². The van der Waals surface area contributed by atoms with E-state index in [1.807, 2.05) is 11.9 Å². The Hall–Kier alpha value is -1.90. The first-order chi connectivity index (χ1) is 12.0. The quantitative estimate of drug-likeness (QED) is 0.836. The van der Waals surface area contributed by atoms with E-state index >= 15 is 0 Å².